The van der Waals surface area contributed by atoms with Crippen molar-refractivity contribution in [2.45, 2.75) is 24.2 Å². The first kappa shape index (κ1) is 23.4. The Balaban J connectivity index is 2.08. The van der Waals surface area contributed by atoms with Crippen LogP contribution in [0.3, 0.4) is 0 Å². The standard InChI is InChI=1S/C22H23N3O6S/c1-15-4-8-18(9-5-15)31-19-10-6-16(7-11-19)22(32(23,29)30,13-20(26)21(27)25-28)17-3-2-12-24-14-17/h2-12,14,20,26,28H,13H2,1H3,(H,25,27)(H2,23,29,30)/t20-,22?/m0/s1. The third-order valence-corrected chi connectivity index (χ3v) is 6.69. The lowest BCUT2D eigenvalue weighted by Gasteiger charge is -2.33. The molecule has 0 spiro atoms. The van der Waals surface area contributed by atoms with Crippen molar-refractivity contribution in [3.05, 3.63) is 89.7 Å². The summed E-state index contributed by atoms with van der Waals surface area (Å²) in [5.74, 6) is -0.120. The highest BCUT2D eigenvalue weighted by atomic mass is 32.2. The van der Waals surface area contributed by atoms with Crippen molar-refractivity contribution < 1.29 is 28.3 Å². The van der Waals surface area contributed by atoms with Gasteiger partial charge in [0.15, 0.2) is 0 Å². The molecule has 0 fully saturated rings. The highest BCUT2D eigenvalue weighted by Crippen LogP contribution is 2.41. The molecule has 3 rings (SSSR count). The number of hydrogen-bond donors (Lipinski definition) is 4. The Morgan fingerprint density at radius 2 is 1.69 bits per heavy atom. The molecule has 1 unspecified atom stereocenters. The van der Waals surface area contributed by atoms with Gasteiger partial charge in [-0.1, -0.05) is 35.9 Å². The molecule has 3 aromatic rings. The number of nitrogens with one attached hydrogen (secondary N) is 1. The molecule has 1 aromatic heterocycles. The van der Waals surface area contributed by atoms with Crippen molar-refractivity contribution >= 4 is 15.9 Å². The van der Waals surface area contributed by atoms with Crippen LogP contribution in [0.25, 0.3) is 0 Å². The van der Waals surface area contributed by atoms with Crippen molar-refractivity contribution in [3.63, 3.8) is 0 Å². The largest absolute Gasteiger partial charge is 0.457 e. The molecule has 168 valence electrons. The number of benzene rings is 2. The van der Waals surface area contributed by atoms with Gasteiger partial charge in [-0.05, 0) is 48.4 Å². The lowest BCUT2D eigenvalue weighted by atomic mass is 9.86. The molecule has 0 aliphatic rings. The fourth-order valence-corrected chi connectivity index (χ4v) is 4.73. The Hall–Kier alpha value is -3.31. The Bertz CT molecular complexity index is 1170. The quantitative estimate of drug-likeness (QED) is 0.298. The zero-order valence-electron chi connectivity index (χ0n) is 17.2. The maximum Gasteiger partial charge on any atom is 0.272 e. The minimum absolute atomic E-state index is 0.152. The van der Waals surface area contributed by atoms with E-state index in [2.05, 4.69) is 4.98 Å². The second kappa shape index (κ2) is 9.45. The van der Waals surface area contributed by atoms with Crippen molar-refractivity contribution in [2.75, 3.05) is 0 Å². The molecule has 0 radical (unpaired) electrons. The number of aromatic nitrogens is 1. The molecule has 10 heteroatoms. The number of carbonyl (C=O) groups excluding carboxylic acids is 1. The summed E-state index contributed by atoms with van der Waals surface area (Å²) in [5, 5.41) is 24.8. The number of sulfonamides is 1. The van der Waals surface area contributed by atoms with Crippen molar-refractivity contribution in [1.29, 1.82) is 0 Å². The van der Waals surface area contributed by atoms with Gasteiger partial charge in [-0.15, -0.1) is 0 Å². The summed E-state index contributed by atoms with van der Waals surface area (Å²) >= 11 is 0. The van der Waals surface area contributed by atoms with Crippen molar-refractivity contribution in [1.82, 2.24) is 10.5 Å². The number of aryl methyl sites for hydroxylation is 1. The first-order valence-corrected chi connectivity index (χ1v) is 11.1. The number of aliphatic hydroxyl groups excluding tert-OH is 1. The van der Waals surface area contributed by atoms with Crippen molar-refractivity contribution in [2.24, 2.45) is 5.14 Å². The van der Waals surface area contributed by atoms with Crippen LogP contribution in [0.1, 0.15) is 23.1 Å². The number of nitrogens with zero attached hydrogens (tertiary/aromatic N) is 1. The highest BCUT2D eigenvalue weighted by molar-refractivity contribution is 7.90. The third-order valence-electron chi connectivity index (χ3n) is 5.08. The monoisotopic (exact) mass is 457 g/mol. The Morgan fingerprint density at radius 1 is 1.09 bits per heavy atom. The SMILES string of the molecule is Cc1ccc(Oc2ccc(C(C[C@H](O)C(=O)NO)(c3cccnc3)S(N)(=O)=O)cc2)cc1. The summed E-state index contributed by atoms with van der Waals surface area (Å²) in [5.41, 5.74) is 2.74. The van der Waals surface area contributed by atoms with Crippen LogP contribution in [0.5, 0.6) is 11.5 Å². The highest BCUT2D eigenvalue weighted by Gasteiger charge is 2.48. The molecule has 2 atom stereocenters. The second-order valence-electron chi connectivity index (χ2n) is 7.25. The van der Waals surface area contributed by atoms with Crippen LogP contribution in [0.15, 0.2) is 73.1 Å². The maximum atomic E-state index is 12.9. The van der Waals surface area contributed by atoms with Crippen LogP contribution >= 0.6 is 0 Å². The van der Waals surface area contributed by atoms with Gasteiger partial charge in [0.25, 0.3) is 5.91 Å². The van der Waals surface area contributed by atoms with Crippen LogP contribution in [-0.2, 0) is 19.6 Å². The molecule has 0 saturated carbocycles. The summed E-state index contributed by atoms with van der Waals surface area (Å²) in [7, 11) is -4.45. The summed E-state index contributed by atoms with van der Waals surface area (Å²) in [6, 6.07) is 16.5. The van der Waals surface area contributed by atoms with Gasteiger partial charge in [-0.2, -0.15) is 0 Å². The Labute approximate surface area is 185 Å². The van der Waals surface area contributed by atoms with E-state index in [-0.39, 0.29) is 11.1 Å². The molecular formula is C22H23N3O6S. The smallest absolute Gasteiger partial charge is 0.272 e. The van der Waals surface area contributed by atoms with Crippen LogP contribution < -0.4 is 15.4 Å². The number of nitrogens with two attached hydrogens (primary N) is 1. The van der Waals surface area contributed by atoms with Crippen LogP contribution in [0.2, 0.25) is 0 Å². The molecule has 1 heterocycles. The summed E-state index contributed by atoms with van der Waals surface area (Å²) in [6.45, 7) is 1.95. The molecule has 0 aliphatic heterocycles. The van der Waals surface area contributed by atoms with Crippen LogP contribution in [0.4, 0.5) is 0 Å². The topological polar surface area (TPSA) is 152 Å². The minimum Gasteiger partial charge on any atom is -0.457 e. The molecule has 32 heavy (non-hydrogen) atoms. The van der Waals surface area contributed by atoms with Gasteiger partial charge in [0, 0.05) is 18.8 Å². The van der Waals surface area contributed by atoms with Gasteiger partial charge in [0.1, 0.15) is 22.4 Å². The maximum absolute atomic E-state index is 12.9. The Kier molecular flexibility index (Phi) is 6.90. The van der Waals surface area contributed by atoms with Crippen LogP contribution in [-0.4, -0.2) is 35.7 Å². The third kappa shape index (κ3) is 4.78. The van der Waals surface area contributed by atoms with E-state index < -0.39 is 33.2 Å². The number of aliphatic hydroxyl groups is 1. The normalized spacial score (nSPS) is 14.2. The van der Waals surface area contributed by atoms with Gasteiger partial charge in [0.05, 0.1) is 0 Å². The first-order chi connectivity index (χ1) is 15.2. The molecule has 1 amide bonds. The van der Waals surface area contributed by atoms with E-state index in [1.54, 1.807) is 24.3 Å². The number of carbonyl (C=O) groups is 1. The number of primary sulfonamides is 1. The van der Waals surface area contributed by atoms with E-state index in [4.69, 9.17) is 15.1 Å². The van der Waals surface area contributed by atoms with Gasteiger partial charge in [-0.25, -0.2) is 19.0 Å². The summed E-state index contributed by atoms with van der Waals surface area (Å²) in [4.78, 5) is 15.7. The van der Waals surface area contributed by atoms with E-state index in [1.165, 1.54) is 42.1 Å². The van der Waals surface area contributed by atoms with Crippen LogP contribution in [0, 0.1) is 6.92 Å². The molecule has 0 saturated heterocycles. The predicted octanol–water partition coefficient (Wildman–Crippen LogP) is 1.97. The van der Waals surface area contributed by atoms with E-state index >= 15 is 0 Å². The molecule has 0 bridgehead atoms. The number of hydroxylamine groups is 1. The van der Waals surface area contributed by atoms with Gasteiger partial charge < -0.3 is 9.84 Å². The molecule has 5 N–H and O–H groups in total. The van der Waals surface area contributed by atoms with Gasteiger partial charge >= 0.3 is 0 Å². The van der Waals surface area contributed by atoms with E-state index in [9.17, 15) is 18.3 Å². The number of rotatable bonds is 8. The predicted molar refractivity (Wildman–Crippen MR) is 116 cm³/mol. The summed E-state index contributed by atoms with van der Waals surface area (Å²) < 4.78 is 29.6. The zero-order valence-corrected chi connectivity index (χ0v) is 18.0. The number of amides is 1. The van der Waals surface area contributed by atoms with E-state index in [1.807, 2.05) is 19.1 Å². The molecular weight excluding hydrogens is 434 g/mol. The Morgan fingerprint density at radius 3 is 2.19 bits per heavy atom. The van der Waals surface area contributed by atoms with E-state index in [0.29, 0.717) is 11.5 Å². The number of ether oxygens (including phenoxy) is 1. The second-order valence-corrected chi connectivity index (χ2v) is 9.04. The average Bonchev–Trinajstić information content (AvgIpc) is 2.78. The lowest BCUT2D eigenvalue weighted by Crippen LogP contribution is -2.47. The molecule has 9 nitrogen and oxygen atoms in total. The number of pyridine rings is 1. The fraction of sp³-hybridized carbons (Fsp3) is 0.182. The van der Waals surface area contributed by atoms with Gasteiger partial charge in [-0.3, -0.25) is 15.0 Å². The average molecular weight is 458 g/mol. The van der Waals surface area contributed by atoms with Gasteiger partial charge in [0.2, 0.25) is 10.0 Å². The minimum atomic E-state index is -4.45. The van der Waals surface area contributed by atoms with Crippen molar-refractivity contribution in [3.8, 4) is 11.5 Å². The first-order valence-electron chi connectivity index (χ1n) is 9.57. The fourth-order valence-electron chi connectivity index (χ4n) is 3.42. The number of hydrogen-bond acceptors (Lipinski definition) is 7. The van der Waals surface area contributed by atoms with E-state index in [0.717, 1.165) is 5.56 Å². The molecule has 0 aliphatic carbocycles. The molecule has 2 aromatic carbocycles. The summed E-state index contributed by atoms with van der Waals surface area (Å²) in [6.07, 6.45) is 0.224. The lowest BCUT2D eigenvalue weighted by molar-refractivity contribution is -0.138. The zero-order chi connectivity index (χ0) is 23.4.